The van der Waals surface area contributed by atoms with Crippen molar-refractivity contribution in [3.05, 3.63) is 0 Å². The maximum absolute atomic E-state index is 12.4. The van der Waals surface area contributed by atoms with E-state index in [1.807, 2.05) is 0 Å². The molecule has 3 fully saturated rings. The molecule has 0 unspecified atom stereocenters. The molecule has 0 aromatic carbocycles. The molecule has 0 radical (unpaired) electrons. The molecule has 0 spiro atoms. The Morgan fingerprint density at radius 1 is 0.947 bits per heavy atom. The molecule has 0 aromatic rings. The number of ketones is 2. The summed E-state index contributed by atoms with van der Waals surface area (Å²) in [5, 5.41) is 0. The van der Waals surface area contributed by atoms with Gasteiger partial charge in [0.1, 0.15) is 0 Å². The van der Waals surface area contributed by atoms with E-state index in [1.54, 1.807) is 0 Å². The summed E-state index contributed by atoms with van der Waals surface area (Å²) in [6, 6.07) is 0. The van der Waals surface area contributed by atoms with Gasteiger partial charge in [0.2, 0.25) is 17.4 Å². The fourth-order valence-electron chi connectivity index (χ4n) is 4.48. The fourth-order valence-corrected chi connectivity index (χ4v) is 5.83. The van der Waals surface area contributed by atoms with Gasteiger partial charge in [-0.05, 0) is 24.7 Å². The van der Waals surface area contributed by atoms with Crippen molar-refractivity contribution >= 4 is 34.8 Å². The number of hydrogen-bond acceptors (Lipinski definition) is 4. The van der Waals surface area contributed by atoms with E-state index >= 15 is 0 Å². The van der Waals surface area contributed by atoms with Gasteiger partial charge in [-0.15, -0.1) is 23.2 Å². The van der Waals surface area contributed by atoms with Crippen molar-refractivity contribution in [3.8, 4) is 0 Å². The largest absolute Gasteiger partial charge is 0.349 e. The zero-order valence-corrected chi connectivity index (χ0v) is 12.4. The lowest BCUT2D eigenvalue weighted by atomic mass is 9.69. The Labute approximate surface area is 121 Å². The topological polar surface area (TPSA) is 52.6 Å². The van der Waals surface area contributed by atoms with Gasteiger partial charge in [0.05, 0.1) is 0 Å². The van der Waals surface area contributed by atoms with Crippen LogP contribution >= 0.6 is 23.2 Å². The second-order valence-corrected chi connectivity index (χ2v) is 6.80. The molecule has 0 aliphatic heterocycles. The number of Topliss-reactive ketones (excluding diaryl/α,β-unsaturated/α-hetero) is 2. The number of rotatable bonds is 2. The van der Waals surface area contributed by atoms with Crippen LogP contribution in [0, 0.1) is 11.8 Å². The van der Waals surface area contributed by atoms with E-state index in [2.05, 4.69) is 0 Å². The maximum atomic E-state index is 12.4. The summed E-state index contributed by atoms with van der Waals surface area (Å²) in [6.07, 6.45) is 3.51. The lowest BCUT2D eigenvalue weighted by molar-refractivity contribution is -0.222. The third kappa shape index (κ3) is 1.13. The van der Waals surface area contributed by atoms with Crippen molar-refractivity contribution in [3.63, 3.8) is 0 Å². The molecule has 3 aliphatic carbocycles. The van der Waals surface area contributed by atoms with Crippen LogP contribution in [-0.2, 0) is 19.1 Å². The lowest BCUT2D eigenvalue weighted by Crippen LogP contribution is -2.57. The summed E-state index contributed by atoms with van der Waals surface area (Å²) in [4.78, 5) is 21.7. The minimum absolute atomic E-state index is 0.162. The van der Waals surface area contributed by atoms with Gasteiger partial charge in [-0.2, -0.15) is 0 Å². The van der Waals surface area contributed by atoms with Crippen LogP contribution in [0.3, 0.4) is 0 Å². The summed E-state index contributed by atoms with van der Waals surface area (Å²) >= 11 is 13.2. The Morgan fingerprint density at radius 3 is 1.63 bits per heavy atom. The van der Waals surface area contributed by atoms with Gasteiger partial charge < -0.3 is 9.47 Å². The molecule has 3 rings (SSSR count). The first kappa shape index (κ1) is 13.8. The molecule has 4 nitrogen and oxygen atoms in total. The minimum Gasteiger partial charge on any atom is -0.349 e. The van der Waals surface area contributed by atoms with Gasteiger partial charge in [0.25, 0.3) is 0 Å². The van der Waals surface area contributed by atoms with Crippen LogP contribution in [-0.4, -0.2) is 41.3 Å². The highest BCUT2D eigenvalue weighted by molar-refractivity contribution is 6.66. The summed E-state index contributed by atoms with van der Waals surface area (Å²) in [5.74, 6) is -3.19. The van der Waals surface area contributed by atoms with E-state index in [1.165, 1.54) is 14.2 Å². The molecular formula is C13H16Cl2O4. The van der Waals surface area contributed by atoms with E-state index < -0.39 is 27.1 Å². The van der Waals surface area contributed by atoms with Crippen LogP contribution in [0.4, 0.5) is 0 Å². The Morgan fingerprint density at radius 2 is 1.32 bits per heavy atom. The predicted octanol–water partition coefficient (Wildman–Crippen LogP) is 1.90. The highest BCUT2D eigenvalue weighted by atomic mass is 35.5. The molecule has 19 heavy (non-hydrogen) atoms. The monoisotopic (exact) mass is 306 g/mol. The fraction of sp³-hybridized carbons (Fsp3) is 0.846. The first-order valence-corrected chi connectivity index (χ1v) is 7.24. The molecule has 0 saturated heterocycles. The number of ether oxygens (including phenoxy) is 2. The van der Waals surface area contributed by atoms with E-state index in [0.717, 1.165) is 25.7 Å². The average molecular weight is 307 g/mol. The van der Waals surface area contributed by atoms with Gasteiger partial charge in [-0.3, -0.25) is 9.59 Å². The summed E-state index contributed by atoms with van der Waals surface area (Å²) in [6.45, 7) is 0. The van der Waals surface area contributed by atoms with Gasteiger partial charge in [0.15, 0.2) is 9.75 Å². The van der Waals surface area contributed by atoms with Gasteiger partial charge in [-0.25, -0.2) is 0 Å². The molecule has 0 amide bonds. The van der Waals surface area contributed by atoms with E-state index in [9.17, 15) is 9.59 Å². The summed E-state index contributed by atoms with van der Waals surface area (Å²) < 4.78 is 10.9. The van der Waals surface area contributed by atoms with Crippen molar-refractivity contribution in [1.82, 2.24) is 0 Å². The SMILES string of the molecule is COC1(OC)[C@@]2(Cl)C(=O)C(=O)[C@]1(Cl)[C@@H]1CCCC[C@@H]12. The smallest absolute Gasteiger partial charge is 0.227 e. The van der Waals surface area contributed by atoms with E-state index in [0.29, 0.717) is 0 Å². The number of carbonyl (C=O) groups is 2. The molecular weight excluding hydrogens is 291 g/mol. The average Bonchev–Trinajstić information content (AvgIpc) is 2.69. The number of halogens is 2. The number of carbonyl (C=O) groups excluding carboxylic acids is 2. The molecule has 3 aliphatic rings. The van der Waals surface area contributed by atoms with E-state index in [4.69, 9.17) is 32.7 Å². The Hall–Kier alpha value is -0.160. The van der Waals surface area contributed by atoms with Gasteiger partial charge in [-0.1, -0.05) is 12.8 Å². The van der Waals surface area contributed by atoms with Crippen molar-refractivity contribution in [2.24, 2.45) is 11.8 Å². The Balaban J connectivity index is 2.27. The summed E-state index contributed by atoms with van der Waals surface area (Å²) in [5.41, 5.74) is 0. The standard InChI is InChI=1S/C13H16Cl2O4/c1-18-13(19-2)11(14)7-5-3-4-6-8(7)12(13,15)10(17)9(11)16/h7-8H,3-6H2,1-2H3/t7-,8+,11-,12+. The zero-order chi connectivity index (χ0) is 14.1. The number of alkyl halides is 2. The van der Waals surface area contributed by atoms with Crippen molar-refractivity contribution in [2.75, 3.05) is 14.2 Å². The normalized spacial score (nSPS) is 47.6. The quantitative estimate of drug-likeness (QED) is 0.444. The van der Waals surface area contributed by atoms with Crippen LogP contribution in [0.15, 0.2) is 0 Å². The zero-order valence-electron chi connectivity index (χ0n) is 10.9. The second-order valence-electron chi connectivity index (χ2n) is 5.60. The van der Waals surface area contributed by atoms with Crippen molar-refractivity contribution in [2.45, 2.75) is 41.2 Å². The van der Waals surface area contributed by atoms with Crippen LogP contribution in [0.5, 0.6) is 0 Å². The first-order chi connectivity index (χ1) is 8.91. The van der Waals surface area contributed by atoms with Crippen LogP contribution in [0.1, 0.15) is 25.7 Å². The van der Waals surface area contributed by atoms with Crippen LogP contribution < -0.4 is 0 Å². The third-order valence-electron chi connectivity index (χ3n) is 5.19. The summed E-state index contributed by atoms with van der Waals surface area (Å²) in [7, 11) is 2.78. The van der Waals surface area contributed by atoms with E-state index in [-0.39, 0.29) is 11.8 Å². The first-order valence-electron chi connectivity index (χ1n) is 6.49. The second kappa shape index (κ2) is 3.94. The Bertz CT molecular complexity index is 424. The molecule has 0 heterocycles. The van der Waals surface area contributed by atoms with Crippen LogP contribution in [0.2, 0.25) is 0 Å². The molecule has 0 aromatic heterocycles. The molecule has 0 N–H and O–H groups in total. The lowest BCUT2D eigenvalue weighted by Gasteiger charge is -2.38. The number of hydrogen-bond donors (Lipinski definition) is 0. The molecule has 3 saturated carbocycles. The Kier molecular flexibility index (Phi) is 2.86. The van der Waals surface area contributed by atoms with Crippen molar-refractivity contribution < 1.29 is 19.1 Å². The van der Waals surface area contributed by atoms with Gasteiger partial charge >= 0.3 is 0 Å². The maximum Gasteiger partial charge on any atom is 0.227 e. The van der Waals surface area contributed by atoms with Crippen LogP contribution in [0.25, 0.3) is 0 Å². The highest BCUT2D eigenvalue weighted by Crippen LogP contribution is 2.70. The number of methoxy groups -OCH3 is 2. The molecule has 106 valence electrons. The predicted molar refractivity (Wildman–Crippen MR) is 69.4 cm³/mol. The minimum atomic E-state index is -1.56. The van der Waals surface area contributed by atoms with Gasteiger partial charge in [0, 0.05) is 14.2 Å². The third-order valence-corrected chi connectivity index (χ3v) is 6.59. The highest BCUT2D eigenvalue weighted by Gasteiger charge is 2.89. The van der Waals surface area contributed by atoms with Crippen molar-refractivity contribution in [1.29, 1.82) is 0 Å². The molecule has 2 bridgehead atoms. The number of fused-ring (bicyclic) bond motifs is 5. The molecule has 6 heteroatoms. The molecule has 4 atom stereocenters.